The molecule has 0 spiro atoms. The van der Waals surface area contributed by atoms with Crippen molar-refractivity contribution < 1.29 is 13.9 Å². The van der Waals surface area contributed by atoms with E-state index < -0.39 is 7.28 Å². The molecule has 0 bridgehead atoms. The SMILES string of the molecule is Cc1ccccc1OP(O)(OC(C)C)(c1ccccc1C)c1ccccc1C. The van der Waals surface area contributed by atoms with E-state index in [4.69, 9.17) is 9.05 Å². The summed E-state index contributed by atoms with van der Waals surface area (Å²) in [6.07, 6.45) is -0.245. The Morgan fingerprint density at radius 3 is 1.54 bits per heavy atom. The fourth-order valence-corrected chi connectivity index (χ4v) is 7.78. The van der Waals surface area contributed by atoms with Gasteiger partial charge in [0.2, 0.25) is 0 Å². The minimum absolute atomic E-state index is 0.245. The summed E-state index contributed by atoms with van der Waals surface area (Å²) in [4.78, 5) is 12.7. The van der Waals surface area contributed by atoms with Gasteiger partial charge in [-0.3, -0.25) is 0 Å². The first-order valence-corrected chi connectivity index (χ1v) is 11.6. The van der Waals surface area contributed by atoms with E-state index in [0.717, 1.165) is 16.7 Å². The number of para-hydroxylation sites is 1. The summed E-state index contributed by atoms with van der Waals surface area (Å²) >= 11 is 0. The van der Waals surface area contributed by atoms with Crippen molar-refractivity contribution in [1.82, 2.24) is 0 Å². The first kappa shape index (κ1) is 20.5. The first-order chi connectivity index (χ1) is 13.2. The maximum absolute atomic E-state index is 12.7. The van der Waals surface area contributed by atoms with Crippen LogP contribution in [0.15, 0.2) is 72.8 Å². The average molecular weight is 396 g/mol. The number of hydrogen-bond acceptors (Lipinski definition) is 3. The van der Waals surface area contributed by atoms with Crippen LogP contribution < -0.4 is 15.1 Å². The van der Waals surface area contributed by atoms with Crippen LogP contribution in [0.1, 0.15) is 30.5 Å². The third-order valence-corrected chi connectivity index (χ3v) is 8.90. The second kappa shape index (κ2) is 7.67. The van der Waals surface area contributed by atoms with E-state index in [1.54, 1.807) is 0 Å². The molecule has 0 saturated carbocycles. The summed E-state index contributed by atoms with van der Waals surface area (Å²) < 4.78 is 13.1. The Labute approximate surface area is 168 Å². The summed E-state index contributed by atoms with van der Waals surface area (Å²) in [5, 5.41) is 1.39. The van der Waals surface area contributed by atoms with E-state index in [9.17, 15) is 4.89 Å². The van der Waals surface area contributed by atoms with Crippen LogP contribution in [-0.2, 0) is 4.52 Å². The van der Waals surface area contributed by atoms with Crippen LogP contribution in [-0.4, -0.2) is 11.0 Å². The molecule has 0 aliphatic carbocycles. The van der Waals surface area contributed by atoms with Crippen molar-refractivity contribution in [2.45, 2.75) is 40.7 Å². The quantitative estimate of drug-likeness (QED) is 0.570. The molecule has 1 N–H and O–H groups in total. The Bertz CT molecular complexity index is 935. The first-order valence-electron chi connectivity index (χ1n) is 9.59. The van der Waals surface area contributed by atoms with Gasteiger partial charge in [0.1, 0.15) is 0 Å². The molecule has 0 fully saturated rings. The van der Waals surface area contributed by atoms with Crippen LogP contribution in [0.4, 0.5) is 0 Å². The molecule has 28 heavy (non-hydrogen) atoms. The molecule has 0 aromatic heterocycles. The second-order valence-electron chi connectivity index (χ2n) is 7.50. The maximum atomic E-state index is 12.7. The van der Waals surface area contributed by atoms with Gasteiger partial charge in [0.15, 0.2) is 0 Å². The Morgan fingerprint density at radius 1 is 0.679 bits per heavy atom. The Morgan fingerprint density at radius 2 is 1.11 bits per heavy atom. The predicted octanol–water partition coefficient (Wildman–Crippen LogP) is 5.36. The molecular weight excluding hydrogens is 367 g/mol. The van der Waals surface area contributed by atoms with Gasteiger partial charge in [-0.1, -0.05) is 0 Å². The van der Waals surface area contributed by atoms with Gasteiger partial charge < -0.3 is 0 Å². The van der Waals surface area contributed by atoms with Gasteiger partial charge in [0.05, 0.1) is 0 Å². The van der Waals surface area contributed by atoms with Crippen LogP contribution in [0, 0.1) is 20.8 Å². The van der Waals surface area contributed by atoms with Crippen molar-refractivity contribution in [3.8, 4) is 5.75 Å². The zero-order valence-electron chi connectivity index (χ0n) is 17.2. The topological polar surface area (TPSA) is 38.7 Å². The van der Waals surface area contributed by atoms with Gasteiger partial charge in [-0.05, 0) is 0 Å². The molecule has 0 aliphatic heterocycles. The molecule has 4 heteroatoms. The molecular formula is C24H29O3P. The van der Waals surface area contributed by atoms with Crippen molar-refractivity contribution in [2.24, 2.45) is 0 Å². The number of benzene rings is 3. The number of rotatable bonds is 6. The molecule has 0 unspecified atom stereocenters. The minimum atomic E-state index is -4.49. The molecule has 3 nitrogen and oxygen atoms in total. The molecule has 0 radical (unpaired) electrons. The standard InChI is InChI=1S/C24H29O3P/c1-18(2)26-28(25,23-16-10-7-13-20(23)4,24-17-11-8-14-21(24)5)27-22-15-9-6-12-19(22)3/h6-18,25H,1-5H3. The molecule has 0 saturated heterocycles. The summed E-state index contributed by atoms with van der Waals surface area (Å²) in [5.74, 6) is 0.620. The zero-order valence-corrected chi connectivity index (χ0v) is 18.1. The summed E-state index contributed by atoms with van der Waals surface area (Å²) in [5.41, 5.74) is 2.81. The molecule has 3 rings (SSSR count). The fourth-order valence-electron chi connectivity index (χ4n) is 3.61. The van der Waals surface area contributed by atoms with Crippen molar-refractivity contribution in [3.63, 3.8) is 0 Å². The van der Waals surface area contributed by atoms with Gasteiger partial charge >= 0.3 is 168 Å². The zero-order chi connectivity index (χ0) is 20.4. The molecule has 0 heterocycles. The molecule has 3 aromatic carbocycles. The molecule has 0 atom stereocenters. The third kappa shape index (κ3) is 3.58. The Kier molecular flexibility index (Phi) is 5.63. The van der Waals surface area contributed by atoms with Gasteiger partial charge in [0, 0.05) is 0 Å². The normalized spacial score (nSPS) is 13.2. The average Bonchev–Trinajstić information content (AvgIpc) is 2.64. The Balaban J connectivity index is 2.41. The van der Waals surface area contributed by atoms with Crippen molar-refractivity contribution >= 4 is 17.9 Å². The van der Waals surface area contributed by atoms with Crippen molar-refractivity contribution in [3.05, 3.63) is 89.5 Å². The van der Waals surface area contributed by atoms with Crippen LogP contribution in [0.25, 0.3) is 0 Å². The molecule has 0 amide bonds. The monoisotopic (exact) mass is 396 g/mol. The van der Waals surface area contributed by atoms with Gasteiger partial charge in [-0.2, -0.15) is 0 Å². The van der Waals surface area contributed by atoms with Gasteiger partial charge in [0.25, 0.3) is 0 Å². The summed E-state index contributed by atoms with van der Waals surface area (Å²) in [6, 6.07) is 23.3. The van der Waals surface area contributed by atoms with Crippen LogP contribution in [0.3, 0.4) is 0 Å². The van der Waals surface area contributed by atoms with E-state index in [2.05, 4.69) is 0 Å². The van der Waals surface area contributed by atoms with E-state index in [0.29, 0.717) is 16.4 Å². The predicted molar refractivity (Wildman–Crippen MR) is 119 cm³/mol. The molecule has 148 valence electrons. The summed E-state index contributed by atoms with van der Waals surface area (Å²) in [7, 11) is -4.49. The van der Waals surface area contributed by atoms with Crippen LogP contribution in [0.2, 0.25) is 0 Å². The van der Waals surface area contributed by atoms with E-state index >= 15 is 0 Å². The number of hydrogen-bond donors (Lipinski definition) is 1. The van der Waals surface area contributed by atoms with Crippen LogP contribution in [0.5, 0.6) is 5.75 Å². The van der Waals surface area contributed by atoms with Gasteiger partial charge in [-0.25, -0.2) is 0 Å². The Hall–Kier alpha value is -2.19. The second-order valence-corrected chi connectivity index (χ2v) is 10.7. The fraction of sp³-hybridized carbons (Fsp3) is 0.250. The van der Waals surface area contributed by atoms with E-state index in [1.165, 1.54) is 0 Å². The summed E-state index contributed by atoms with van der Waals surface area (Å²) in [6.45, 7) is 9.79. The van der Waals surface area contributed by atoms with Crippen molar-refractivity contribution in [1.29, 1.82) is 0 Å². The molecule has 0 aliphatic rings. The van der Waals surface area contributed by atoms with E-state index in [1.807, 2.05) is 107 Å². The van der Waals surface area contributed by atoms with Crippen molar-refractivity contribution in [2.75, 3.05) is 0 Å². The van der Waals surface area contributed by atoms with Crippen LogP contribution >= 0.6 is 7.28 Å². The third-order valence-electron chi connectivity index (χ3n) is 4.85. The van der Waals surface area contributed by atoms with E-state index in [-0.39, 0.29) is 6.10 Å². The molecule has 3 aromatic rings. The number of aryl methyl sites for hydroxylation is 3. The van der Waals surface area contributed by atoms with Gasteiger partial charge in [-0.15, -0.1) is 0 Å².